The van der Waals surface area contributed by atoms with Crippen molar-refractivity contribution in [2.75, 3.05) is 13.7 Å². The fraction of sp³-hybridized carbons (Fsp3) is 0.417. The number of amides is 1. The second-order valence-corrected chi connectivity index (χ2v) is 4.80. The van der Waals surface area contributed by atoms with E-state index in [1.807, 2.05) is 0 Å². The van der Waals surface area contributed by atoms with Crippen molar-refractivity contribution in [1.29, 1.82) is 0 Å². The Morgan fingerprint density at radius 1 is 1.47 bits per heavy atom. The molecule has 1 amide bonds. The highest BCUT2D eigenvalue weighted by Gasteiger charge is 2.31. The molecule has 0 aliphatic carbocycles. The Bertz CT molecular complexity index is 463. The number of rotatable bonds is 4. The van der Waals surface area contributed by atoms with Crippen LogP contribution in [-0.4, -0.2) is 25.7 Å². The average Bonchev–Trinajstić information content (AvgIpc) is 2.34. The summed E-state index contributed by atoms with van der Waals surface area (Å²) in [6.45, 7) is 1.96. The van der Waals surface area contributed by atoms with Crippen LogP contribution in [0.15, 0.2) is 22.7 Å². The summed E-state index contributed by atoms with van der Waals surface area (Å²) in [6.07, 6.45) is -4.69. The Morgan fingerprint density at radius 2 is 2.11 bits per heavy atom. The molecule has 1 rings (SSSR count). The summed E-state index contributed by atoms with van der Waals surface area (Å²) in [5, 5.41) is 2.51. The molecule has 19 heavy (non-hydrogen) atoms. The van der Waals surface area contributed by atoms with E-state index in [1.54, 1.807) is 6.92 Å². The van der Waals surface area contributed by atoms with Gasteiger partial charge in [0.1, 0.15) is 0 Å². The van der Waals surface area contributed by atoms with E-state index >= 15 is 0 Å². The van der Waals surface area contributed by atoms with E-state index in [4.69, 9.17) is 4.74 Å². The van der Waals surface area contributed by atoms with E-state index in [1.165, 1.54) is 13.2 Å². The van der Waals surface area contributed by atoms with Gasteiger partial charge in [0.05, 0.1) is 17.2 Å². The minimum Gasteiger partial charge on any atom is -0.380 e. The molecule has 0 aliphatic rings. The van der Waals surface area contributed by atoms with Crippen LogP contribution >= 0.6 is 15.9 Å². The van der Waals surface area contributed by atoms with Gasteiger partial charge < -0.3 is 10.1 Å². The maximum Gasteiger partial charge on any atom is 0.416 e. The molecule has 0 radical (unpaired) electrons. The predicted octanol–water partition coefficient (Wildman–Crippen LogP) is 3.23. The molecule has 1 aromatic rings. The SMILES string of the molecule is COC(C)CNC(=O)c1cc(C(F)(F)F)ccc1Br. The maximum atomic E-state index is 12.6. The van der Waals surface area contributed by atoms with Crippen LogP contribution in [0.2, 0.25) is 0 Å². The molecule has 0 fully saturated rings. The van der Waals surface area contributed by atoms with Gasteiger partial charge in [-0.15, -0.1) is 0 Å². The first-order valence-electron chi connectivity index (χ1n) is 5.43. The summed E-state index contributed by atoms with van der Waals surface area (Å²) in [4.78, 5) is 11.8. The molecule has 1 aromatic carbocycles. The Hall–Kier alpha value is -1.08. The molecule has 0 aliphatic heterocycles. The molecule has 1 unspecified atom stereocenters. The van der Waals surface area contributed by atoms with Crippen LogP contribution in [0, 0.1) is 0 Å². The molecular formula is C12H13BrF3NO2. The highest BCUT2D eigenvalue weighted by atomic mass is 79.9. The number of nitrogens with one attached hydrogen (secondary N) is 1. The average molecular weight is 340 g/mol. The smallest absolute Gasteiger partial charge is 0.380 e. The fourth-order valence-electron chi connectivity index (χ4n) is 1.29. The van der Waals surface area contributed by atoms with Crippen molar-refractivity contribution in [1.82, 2.24) is 5.32 Å². The van der Waals surface area contributed by atoms with E-state index in [0.29, 0.717) is 4.47 Å². The molecule has 0 heterocycles. The lowest BCUT2D eigenvalue weighted by molar-refractivity contribution is -0.137. The van der Waals surface area contributed by atoms with Gasteiger partial charge in [-0.3, -0.25) is 4.79 Å². The minimum absolute atomic E-state index is 0.0573. The molecule has 0 saturated carbocycles. The molecule has 106 valence electrons. The van der Waals surface area contributed by atoms with Crippen molar-refractivity contribution in [3.63, 3.8) is 0 Å². The molecule has 1 atom stereocenters. The van der Waals surface area contributed by atoms with Gasteiger partial charge in [0.2, 0.25) is 0 Å². The van der Waals surface area contributed by atoms with E-state index in [0.717, 1.165) is 12.1 Å². The molecule has 0 aromatic heterocycles. The number of hydrogen-bond donors (Lipinski definition) is 1. The largest absolute Gasteiger partial charge is 0.416 e. The van der Waals surface area contributed by atoms with Crippen LogP contribution in [-0.2, 0) is 10.9 Å². The summed E-state index contributed by atoms with van der Waals surface area (Å²) in [5.41, 5.74) is -0.918. The molecule has 0 saturated heterocycles. The fourth-order valence-corrected chi connectivity index (χ4v) is 1.72. The van der Waals surface area contributed by atoms with Gasteiger partial charge in [0, 0.05) is 18.1 Å². The zero-order chi connectivity index (χ0) is 14.6. The maximum absolute atomic E-state index is 12.6. The number of methoxy groups -OCH3 is 1. The quantitative estimate of drug-likeness (QED) is 0.914. The van der Waals surface area contributed by atoms with E-state index < -0.39 is 17.6 Å². The number of carbonyl (C=O) groups excluding carboxylic acids is 1. The second-order valence-electron chi connectivity index (χ2n) is 3.95. The zero-order valence-corrected chi connectivity index (χ0v) is 11.9. The number of hydrogen-bond acceptors (Lipinski definition) is 2. The molecule has 0 spiro atoms. The molecular weight excluding hydrogens is 327 g/mol. The van der Waals surface area contributed by atoms with Gasteiger partial charge in [-0.05, 0) is 41.1 Å². The number of carbonyl (C=O) groups is 1. The number of halogens is 4. The Morgan fingerprint density at radius 3 is 2.63 bits per heavy atom. The van der Waals surface area contributed by atoms with Gasteiger partial charge in [0.25, 0.3) is 5.91 Å². The predicted molar refractivity (Wildman–Crippen MR) is 67.9 cm³/mol. The first-order valence-corrected chi connectivity index (χ1v) is 6.22. The van der Waals surface area contributed by atoms with Crippen LogP contribution < -0.4 is 5.32 Å². The van der Waals surface area contributed by atoms with Gasteiger partial charge in [-0.25, -0.2) is 0 Å². The standard InChI is InChI=1S/C12H13BrF3NO2/c1-7(19-2)6-17-11(18)9-5-8(12(14,15)16)3-4-10(9)13/h3-5,7H,6H2,1-2H3,(H,17,18). The third-order valence-corrected chi connectivity index (χ3v) is 3.18. The van der Waals surface area contributed by atoms with Gasteiger partial charge in [-0.2, -0.15) is 13.2 Å². The minimum atomic E-state index is -4.48. The van der Waals surface area contributed by atoms with Crippen molar-refractivity contribution in [3.8, 4) is 0 Å². The molecule has 1 N–H and O–H groups in total. The van der Waals surface area contributed by atoms with Crippen molar-refractivity contribution in [2.45, 2.75) is 19.2 Å². The normalized spacial score (nSPS) is 13.2. The van der Waals surface area contributed by atoms with E-state index in [9.17, 15) is 18.0 Å². The topological polar surface area (TPSA) is 38.3 Å². The van der Waals surface area contributed by atoms with Crippen LogP contribution in [0.5, 0.6) is 0 Å². The lowest BCUT2D eigenvalue weighted by Gasteiger charge is -2.13. The number of benzene rings is 1. The summed E-state index contributed by atoms with van der Waals surface area (Å²) in [6, 6.07) is 2.94. The summed E-state index contributed by atoms with van der Waals surface area (Å²) < 4.78 is 42.9. The summed E-state index contributed by atoms with van der Waals surface area (Å²) in [5.74, 6) is -0.582. The van der Waals surface area contributed by atoms with Crippen molar-refractivity contribution >= 4 is 21.8 Å². The van der Waals surface area contributed by atoms with Crippen molar-refractivity contribution in [2.24, 2.45) is 0 Å². The van der Waals surface area contributed by atoms with E-state index in [-0.39, 0.29) is 18.2 Å². The monoisotopic (exact) mass is 339 g/mol. The van der Waals surface area contributed by atoms with Crippen LogP contribution in [0.25, 0.3) is 0 Å². The highest BCUT2D eigenvalue weighted by Crippen LogP contribution is 2.31. The summed E-state index contributed by atoms with van der Waals surface area (Å²) >= 11 is 3.06. The number of ether oxygens (including phenoxy) is 1. The summed E-state index contributed by atoms with van der Waals surface area (Å²) in [7, 11) is 1.48. The first-order chi connectivity index (χ1) is 8.75. The molecule has 0 bridgehead atoms. The van der Waals surface area contributed by atoms with Crippen LogP contribution in [0.4, 0.5) is 13.2 Å². The third-order valence-electron chi connectivity index (χ3n) is 2.49. The Labute approximate surface area is 117 Å². The van der Waals surface area contributed by atoms with Crippen LogP contribution in [0.3, 0.4) is 0 Å². The number of alkyl halides is 3. The van der Waals surface area contributed by atoms with E-state index in [2.05, 4.69) is 21.2 Å². The van der Waals surface area contributed by atoms with Gasteiger partial charge in [-0.1, -0.05) is 0 Å². The van der Waals surface area contributed by atoms with Crippen molar-refractivity contribution < 1.29 is 22.7 Å². The zero-order valence-electron chi connectivity index (χ0n) is 10.3. The molecule has 3 nitrogen and oxygen atoms in total. The van der Waals surface area contributed by atoms with Gasteiger partial charge >= 0.3 is 6.18 Å². The second kappa shape index (κ2) is 6.38. The Kier molecular flexibility index (Phi) is 5.37. The first kappa shape index (κ1) is 16.0. The molecule has 7 heteroatoms. The highest BCUT2D eigenvalue weighted by molar-refractivity contribution is 9.10. The third kappa shape index (κ3) is 4.50. The lowest BCUT2D eigenvalue weighted by Crippen LogP contribution is -2.31. The lowest BCUT2D eigenvalue weighted by atomic mass is 10.1. The van der Waals surface area contributed by atoms with Crippen LogP contribution in [0.1, 0.15) is 22.8 Å². The Balaban J connectivity index is 2.90. The van der Waals surface area contributed by atoms with Gasteiger partial charge in [0.15, 0.2) is 0 Å². The van der Waals surface area contributed by atoms with Crippen molar-refractivity contribution in [3.05, 3.63) is 33.8 Å².